The van der Waals surface area contributed by atoms with Crippen LogP contribution in [0.5, 0.6) is 11.5 Å². The Labute approximate surface area is 220 Å². The summed E-state index contributed by atoms with van der Waals surface area (Å²) in [7, 11) is 0. The second kappa shape index (κ2) is 9.49. The maximum Gasteiger partial charge on any atom is 0.146 e. The third-order valence-corrected chi connectivity index (χ3v) is 7.09. The molecule has 0 fully saturated rings. The molecule has 0 unspecified atom stereocenters. The number of fused-ring (bicyclic) bond motifs is 4. The Morgan fingerprint density at radius 3 is 1.24 bits per heavy atom. The molecule has 2 aromatic heterocycles. The molecular formula is C34H24N2O2. The van der Waals surface area contributed by atoms with E-state index in [0.717, 1.165) is 66.0 Å². The van der Waals surface area contributed by atoms with Gasteiger partial charge in [-0.25, -0.2) is 0 Å². The first-order valence-electron chi connectivity index (χ1n) is 12.7. The standard InChI is InChI=1S/C34H24N2O2/c1-2-14-26-25(13-1)29(21-37-31-17-5-9-23-11-7-19-35-33(23)31)27-15-3-4-16-28(27)30(26)22-38-32-18-6-10-24-12-8-20-36-34(24)32/h1-20H,21-22H2. The van der Waals surface area contributed by atoms with Gasteiger partial charge in [0.2, 0.25) is 0 Å². The molecule has 0 spiro atoms. The lowest BCUT2D eigenvalue weighted by Crippen LogP contribution is -2.04. The Morgan fingerprint density at radius 1 is 0.421 bits per heavy atom. The molecule has 5 aromatic carbocycles. The van der Waals surface area contributed by atoms with Crippen molar-refractivity contribution in [1.82, 2.24) is 9.97 Å². The highest BCUT2D eigenvalue weighted by Gasteiger charge is 2.16. The molecule has 0 radical (unpaired) electrons. The van der Waals surface area contributed by atoms with Crippen LogP contribution in [0.15, 0.2) is 122 Å². The second-order valence-corrected chi connectivity index (χ2v) is 9.29. The highest BCUT2D eigenvalue weighted by atomic mass is 16.5. The molecule has 0 N–H and O–H groups in total. The normalized spacial score (nSPS) is 11.4. The fourth-order valence-corrected chi connectivity index (χ4v) is 5.31. The van der Waals surface area contributed by atoms with Crippen molar-refractivity contribution < 1.29 is 9.47 Å². The predicted molar refractivity (Wildman–Crippen MR) is 154 cm³/mol. The smallest absolute Gasteiger partial charge is 0.146 e. The second-order valence-electron chi connectivity index (χ2n) is 9.29. The van der Waals surface area contributed by atoms with Gasteiger partial charge in [0.25, 0.3) is 0 Å². The van der Waals surface area contributed by atoms with Crippen LogP contribution in [0.25, 0.3) is 43.4 Å². The summed E-state index contributed by atoms with van der Waals surface area (Å²) < 4.78 is 12.9. The van der Waals surface area contributed by atoms with Crippen LogP contribution in [0, 0.1) is 0 Å². The summed E-state index contributed by atoms with van der Waals surface area (Å²) in [6.07, 6.45) is 3.61. The first kappa shape index (κ1) is 22.3. The Morgan fingerprint density at radius 2 is 0.816 bits per heavy atom. The molecule has 0 saturated heterocycles. The minimum Gasteiger partial charge on any atom is -0.487 e. The minimum absolute atomic E-state index is 0.436. The number of benzene rings is 5. The zero-order valence-electron chi connectivity index (χ0n) is 20.7. The number of hydrogen-bond donors (Lipinski definition) is 0. The summed E-state index contributed by atoms with van der Waals surface area (Å²) in [6.45, 7) is 0.871. The van der Waals surface area contributed by atoms with Crippen molar-refractivity contribution in [3.05, 3.63) is 133 Å². The quantitative estimate of drug-likeness (QED) is 0.219. The van der Waals surface area contributed by atoms with Crippen LogP contribution in [0.3, 0.4) is 0 Å². The molecule has 7 aromatic rings. The van der Waals surface area contributed by atoms with Crippen molar-refractivity contribution in [2.24, 2.45) is 0 Å². The predicted octanol–water partition coefficient (Wildman–Crippen LogP) is 8.25. The summed E-state index contributed by atoms with van der Waals surface area (Å²) in [5.74, 6) is 1.57. The molecule has 0 aliphatic carbocycles. The Balaban J connectivity index is 1.31. The van der Waals surface area contributed by atoms with Gasteiger partial charge in [0.15, 0.2) is 0 Å². The maximum atomic E-state index is 6.44. The van der Waals surface area contributed by atoms with Gasteiger partial charge >= 0.3 is 0 Å². The van der Waals surface area contributed by atoms with Gasteiger partial charge in [0.1, 0.15) is 35.7 Å². The van der Waals surface area contributed by atoms with Crippen molar-refractivity contribution in [3.63, 3.8) is 0 Å². The molecule has 0 aliphatic heterocycles. The zero-order chi connectivity index (χ0) is 25.3. The molecule has 7 rings (SSSR count). The van der Waals surface area contributed by atoms with Gasteiger partial charge in [0, 0.05) is 34.3 Å². The van der Waals surface area contributed by atoms with Gasteiger partial charge in [-0.2, -0.15) is 0 Å². The topological polar surface area (TPSA) is 44.2 Å². The third-order valence-electron chi connectivity index (χ3n) is 7.09. The van der Waals surface area contributed by atoms with Gasteiger partial charge in [0.05, 0.1) is 0 Å². The van der Waals surface area contributed by atoms with Gasteiger partial charge < -0.3 is 9.47 Å². The zero-order valence-corrected chi connectivity index (χ0v) is 20.7. The van der Waals surface area contributed by atoms with E-state index in [9.17, 15) is 0 Å². The number of nitrogens with zero attached hydrogens (tertiary/aromatic N) is 2. The van der Waals surface area contributed by atoms with E-state index in [1.54, 1.807) is 12.4 Å². The Hall–Kier alpha value is -4.96. The number of pyridine rings is 2. The number of rotatable bonds is 6. The summed E-state index contributed by atoms with van der Waals surface area (Å²) in [5.41, 5.74) is 4.05. The van der Waals surface area contributed by atoms with Crippen molar-refractivity contribution >= 4 is 43.4 Å². The average Bonchev–Trinajstić information content (AvgIpc) is 2.99. The summed E-state index contributed by atoms with van der Waals surface area (Å²) in [6, 6.07) is 37.1. The largest absolute Gasteiger partial charge is 0.487 e. The van der Waals surface area contributed by atoms with Gasteiger partial charge in [-0.3, -0.25) is 9.97 Å². The van der Waals surface area contributed by atoms with Gasteiger partial charge in [-0.1, -0.05) is 84.9 Å². The monoisotopic (exact) mass is 492 g/mol. The lowest BCUT2D eigenvalue weighted by molar-refractivity contribution is 0.310. The summed E-state index contributed by atoms with van der Waals surface area (Å²) in [4.78, 5) is 9.12. The molecule has 4 nitrogen and oxygen atoms in total. The molecule has 0 atom stereocenters. The lowest BCUT2D eigenvalue weighted by Gasteiger charge is -2.18. The van der Waals surface area contributed by atoms with Crippen LogP contribution in [0.1, 0.15) is 11.1 Å². The molecule has 0 bridgehead atoms. The van der Waals surface area contributed by atoms with Crippen molar-refractivity contribution in [3.8, 4) is 11.5 Å². The van der Waals surface area contributed by atoms with E-state index in [0.29, 0.717) is 13.2 Å². The van der Waals surface area contributed by atoms with Crippen LogP contribution in [0.4, 0.5) is 0 Å². The van der Waals surface area contributed by atoms with E-state index in [1.807, 2.05) is 36.4 Å². The van der Waals surface area contributed by atoms with Crippen molar-refractivity contribution in [2.75, 3.05) is 0 Å². The van der Waals surface area contributed by atoms with E-state index in [1.165, 1.54) is 0 Å². The average molecular weight is 493 g/mol. The summed E-state index contributed by atoms with van der Waals surface area (Å²) in [5, 5.41) is 6.77. The Kier molecular flexibility index (Phi) is 5.56. The van der Waals surface area contributed by atoms with E-state index < -0.39 is 0 Å². The molecule has 2 heterocycles. The van der Waals surface area contributed by atoms with E-state index >= 15 is 0 Å². The van der Waals surface area contributed by atoms with Crippen LogP contribution >= 0.6 is 0 Å². The minimum atomic E-state index is 0.436. The van der Waals surface area contributed by atoms with Crippen molar-refractivity contribution in [2.45, 2.75) is 13.2 Å². The molecule has 0 saturated carbocycles. The number of aromatic nitrogens is 2. The Bertz CT molecular complexity index is 1740. The van der Waals surface area contributed by atoms with E-state index in [4.69, 9.17) is 9.47 Å². The molecular weight excluding hydrogens is 468 g/mol. The van der Waals surface area contributed by atoms with Crippen LogP contribution in [0.2, 0.25) is 0 Å². The fourth-order valence-electron chi connectivity index (χ4n) is 5.31. The van der Waals surface area contributed by atoms with E-state index in [2.05, 4.69) is 82.8 Å². The van der Waals surface area contributed by atoms with Crippen LogP contribution in [-0.4, -0.2) is 9.97 Å². The molecule has 182 valence electrons. The summed E-state index contributed by atoms with van der Waals surface area (Å²) >= 11 is 0. The SMILES string of the molecule is c1cnc2c(OCc3c4ccccc4c(COc4cccc5cccnc45)c4ccccc34)cccc2c1. The molecule has 0 amide bonds. The maximum absolute atomic E-state index is 6.44. The highest BCUT2D eigenvalue weighted by molar-refractivity contribution is 6.05. The van der Waals surface area contributed by atoms with Gasteiger partial charge in [-0.15, -0.1) is 0 Å². The van der Waals surface area contributed by atoms with E-state index in [-0.39, 0.29) is 0 Å². The number of ether oxygens (including phenoxy) is 2. The number of hydrogen-bond acceptors (Lipinski definition) is 4. The molecule has 38 heavy (non-hydrogen) atoms. The van der Waals surface area contributed by atoms with Crippen LogP contribution < -0.4 is 9.47 Å². The van der Waals surface area contributed by atoms with Crippen LogP contribution in [-0.2, 0) is 13.2 Å². The third kappa shape index (κ3) is 3.87. The highest BCUT2D eigenvalue weighted by Crippen LogP contribution is 2.35. The van der Waals surface area contributed by atoms with Gasteiger partial charge in [-0.05, 0) is 45.8 Å². The first-order valence-corrected chi connectivity index (χ1v) is 12.7. The van der Waals surface area contributed by atoms with Crippen molar-refractivity contribution in [1.29, 1.82) is 0 Å². The number of para-hydroxylation sites is 2. The first-order chi connectivity index (χ1) is 18.9. The lowest BCUT2D eigenvalue weighted by atomic mass is 9.92. The fraction of sp³-hybridized carbons (Fsp3) is 0.0588. The molecule has 0 aliphatic rings. The molecule has 4 heteroatoms.